The Labute approximate surface area is 130 Å². The Morgan fingerprint density at radius 2 is 1.67 bits per heavy atom. The van der Waals surface area contributed by atoms with E-state index in [4.69, 9.17) is 4.74 Å². The second kappa shape index (κ2) is 8.43. The van der Waals surface area contributed by atoms with Crippen LogP contribution in [0.3, 0.4) is 0 Å². The molecule has 0 radical (unpaired) electrons. The summed E-state index contributed by atoms with van der Waals surface area (Å²) in [4.78, 5) is 0. The van der Waals surface area contributed by atoms with Crippen LogP contribution in [0.25, 0.3) is 0 Å². The summed E-state index contributed by atoms with van der Waals surface area (Å²) in [5.41, 5.74) is 1.33. The lowest BCUT2D eigenvalue weighted by Gasteiger charge is -2.25. The SMILES string of the molecule is CC(C)Oc1cccc(C(C)NC2CCCCCCC2)c1. The lowest BCUT2D eigenvalue weighted by Crippen LogP contribution is -2.32. The van der Waals surface area contributed by atoms with E-state index >= 15 is 0 Å². The first kappa shape index (κ1) is 16.4. The van der Waals surface area contributed by atoms with Gasteiger partial charge in [-0.25, -0.2) is 0 Å². The third-order valence-corrected chi connectivity index (χ3v) is 4.32. The van der Waals surface area contributed by atoms with Crippen molar-refractivity contribution in [2.45, 2.75) is 83.9 Å². The van der Waals surface area contributed by atoms with Crippen LogP contribution in [0, 0.1) is 0 Å². The van der Waals surface area contributed by atoms with E-state index in [0.717, 1.165) is 5.75 Å². The molecule has 1 aromatic carbocycles. The Morgan fingerprint density at radius 3 is 2.33 bits per heavy atom. The van der Waals surface area contributed by atoms with Crippen LogP contribution >= 0.6 is 0 Å². The number of rotatable bonds is 5. The zero-order valence-corrected chi connectivity index (χ0v) is 13.9. The van der Waals surface area contributed by atoms with Crippen LogP contribution in [0.15, 0.2) is 24.3 Å². The summed E-state index contributed by atoms with van der Waals surface area (Å²) in [6, 6.07) is 9.60. The zero-order valence-electron chi connectivity index (χ0n) is 13.9. The molecule has 2 heteroatoms. The predicted molar refractivity (Wildman–Crippen MR) is 89.9 cm³/mol. The molecule has 118 valence electrons. The number of hydrogen-bond donors (Lipinski definition) is 1. The van der Waals surface area contributed by atoms with Crippen molar-refractivity contribution in [3.05, 3.63) is 29.8 Å². The van der Waals surface area contributed by atoms with Crippen LogP contribution in [-0.4, -0.2) is 12.1 Å². The van der Waals surface area contributed by atoms with Crippen LogP contribution in [0.1, 0.15) is 77.3 Å². The fourth-order valence-electron chi connectivity index (χ4n) is 3.20. The molecule has 1 fully saturated rings. The van der Waals surface area contributed by atoms with Crippen molar-refractivity contribution in [3.63, 3.8) is 0 Å². The number of hydrogen-bond acceptors (Lipinski definition) is 2. The molecule has 1 aromatic rings. The fourth-order valence-corrected chi connectivity index (χ4v) is 3.20. The Bertz CT molecular complexity index is 408. The van der Waals surface area contributed by atoms with Gasteiger partial charge in [0.1, 0.15) is 5.75 Å². The van der Waals surface area contributed by atoms with Crippen LogP contribution in [0.5, 0.6) is 5.75 Å². The van der Waals surface area contributed by atoms with Gasteiger partial charge in [0.05, 0.1) is 6.10 Å². The average molecular weight is 289 g/mol. The first-order valence-corrected chi connectivity index (χ1v) is 8.68. The summed E-state index contributed by atoms with van der Waals surface area (Å²) in [6.45, 7) is 6.42. The molecule has 1 N–H and O–H groups in total. The number of ether oxygens (including phenoxy) is 1. The molecule has 1 aliphatic rings. The molecule has 0 aliphatic heterocycles. The minimum Gasteiger partial charge on any atom is -0.491 e. The first-order chi connectivity index (χ1) is 10.1. The van der Waals surface area contributed by atoms with E-state index in [1.807, 2.05) is 6.07 Å². The Balaban J connectivity index is 1.93. The maximum atomic E-state index is 5.80. The van der Waals surface area contributed by atoms with Crippen molar-refractivity contribution >= 4 is 0 Å². The number of benzene rings is 1. The molecule has 1 atom stereocenters. The Hall–Kier alpha value is -1.02. The monoisotopic (exact) mass is 289 g/mol. The molecule has 1 unspecified atom stereocenters. The Morgan fingerprint density at radius 1 is 1.00 bits per heavy atom. The molecular formula is C19H31NO. The molecule has 0 bridgehead atoms. The van der Waals surface area contributed by atoms with Gasteiger partial charge in [-0.3, -0.25) is 0 Å². The van der Waals surface area contributed by atoms with E-state index in [-0.39, 0.29) is 6.10 Å². The van der Waals surface area contributed by atoms with Gasteiger partial charge in [0.25, 0.3) is 0 Å². The van der Waals surface area contributed by atoms with Crippen LogP contribution < -0.4 is 10.1 Å². The van der Waals surface area contributed by atoms with Crippen molar-refractivity contribution in [1.82, 2.24) is 5.32 Å². The van der Waals surface area contributed by atoms with Gasteiger partial charge in [0.15, 0.2) is 0 Å². The van der Waals surface area contributed by atoms with E-state index in [1.165, 1.54) is 50.5 Å². The second-order valence-corrected chi connectivity index (χ2v) is 6.67. The molecule has 21 heavy (non-hydrogen) atoms. The van der Waals surface area contributed by atoms with Gasteiger partial charge in [0.2, 0.25) is 0 Å². The van der Waals surface area contributed by atoms with Crippen molar-refractivity contribution in [3.8, 4) is 5.75 Å². The maximum absolute atomic E-state index is 5.80. The largest absolute Gasteiger partial charge is 0.491 e. The van der Waals surface area contributed by atoms with Gasteiger partial charge in [-0.15, -0.1) is 0 Å². The first-order valence-electron chi connectivity index (χ1n) is 8.68. The molecule has 0 saturated heterocycles. The van der Waals surface area contributed by atoms with E-state index in [2.05, 4.69) is 44.3 Å². The van der Waals surface area contributed by atoms with Gasteiger partial charge in [0, 0.05) is 12.1 Å². The summed E-state index contributed by atoms with van der Waals surface area (Å²) in [6.07, 6.45) is 9.88. The van der Waals surface area contributed by atoms with Crippen LogP contribution in [-0.2, 0) is 0 Å². The fraction of sp³-hybridized carbons (Fsp3) is 0.684. The van der Waals surface area contributed by atoms with Crippen molar-refractivity contribution < 1.29 is 4.74 Å². The number of nitrogens with one attached hydrogen (secondary N) is 1. The lowest BCUT2D eigenvalue weighted by atomic mass is 9.95. The van der Waals surface area contributed by atoms with Crippen molar-refractivity contribution in [1.29, 1.82) is 0 Å². The minimum absolute atomic E-state index is 0.231. The summed E-state index contributed by atoms with van der Waals surface area (Å²) in [7, 11) is 0. The quantitative estimate of drug-likeness (QED) is 0.800. The minimum atomic E-state index is 0.231. The lowest BCUT2D eigenvalue weighted by molar-refractivity contribution is 0.242. The molecular weight excluding hydrogens is 258 g/mol. The smallest absolute Gasteiger partial charge is 0.120 e. The van der Waals surface area contributed by atoms with E-state index in [9.17, 15) is 0 Å². The molecule has 1 saturated carbocycles. The van der Waals surface area contributed by atoms with Gasteiger partial charge in [-0.05, 0) is 51.3 Å². The third kappa shape index (κ3) is 5.70. The standard InChI is InChI=1S/C19H31NO/c1-15(2)21-19-13-9-10-17(14-19)16(3)20-18-11-7-5-4-6-8-12-18/h9-10,13-16,18,20H,4-8,11-12H2,1-3H3. The maximum Gasteiger partial charge on any atom is 0.120 e. The van der Waals surface area contributed by atoms with Gasteiger partial charge >= 0.3 is 0 Å². The van der Waals surface area contributed by atoms with E-state index in [1.54, 1.807) is 0 Å². The Kier molecular flexibility index (Phi) is 6.56. The van der Waals surface area contributed by atoms with Crippen LogP contribution in [0.2, 0.25) is 0 Å². The van der Waals surface area contributed by atoms with Gasteiger partial charge in [-0.2, -0.15) is 0 Å². The third-order valence-electron chi connectivity index (χ3n) is 4.32. The predicted octanol–water partition coefficient (Wildman–Crippen LogP) is 5.24. The zero-order chi connectivity index (χ0) is 15.1. The summed E-state index contributed by atoms with van der Waals surface area (Å²) >= 11 is 0. The molecule has 0 heterocycles. The van der Waals surface area contributed by atoms with Gasteiger partial charge in [-0.1, -0.05) is 44.2 Å². The highest BCUT2D eigenvalue weighted by molar-refractivity contribution is 5.30. The summed E-state index contributed by atoms with van der Waals surface area (Å²) < 4.78 is 5.80. The molecule has 0 spiro atoms. The molecule has 0 amide bonds. The second-order valence-electron chi connectivity index (χ2n) is 6.67. The topological polar surface area (TPSA) is 21.3 Å². The van der Waals surface area contributed by atoms with Crippen molar-refractivity contribution in [2.75, 3.05) is 0 Å². The average Bonchev–Trinajstić information content (AvgIpc) is 2.41. The summed E-state index contributed by atoms with van der Waals surface area (Å²) in [5, 5.41) is 3.83. The van der Waals surface area contributed by atoms with E-state index < -0.39 is 0 Å². The molecule has 1 aliphatic carbocycles. The van der Waals surface area contributed by atoms with Gasteiger partial charge < -0.3 is 10.1 Å². The van der Waals surface area contributed by atoms with Crippen LogP contribution in [0.4, 0.5) is 0 Å². The highest BCUT2D eigenvalue weighted by atomic mass is 16.5. The molecule has 0 aromatic heterocycles. The normalized spacial score (nSPS) is 19.0. The molecule has 2 rings (SSSR count). The highest BCUT2D eigenvalue weighted by Gasteiger charge is 2.15. The van der Waals surface area contributed by atoms with E-state index in [0.29, 0.717) is 12.1 Å². The van der Waals surface area contributed by atoms with Crippen molar-refractivity contribution in [2.24, 2.45) is 0 Å². The molecule has 2 nitrogen and oxygen atoms in total. The highest BCUT2D eigenvalue weighted by Crippen LogP contribution is 2.23. The summed E-state index contributed by atoms with van der Waals surface area (Å²) in [5.74, 6) is 0.980.